The molecule has 1 atom stereocenters. The molecule has 0 fully saturated rings. The van der Waals surface area contributed by atoms with Crippen LogP contribution in [0.5, 0.6) is 5.75 Å². The highest BCUT2D eigenvalue weighted by molar-refractivity contribution is 9.10. The molecule has 0 saturated heterocycles. The predicted octanol–water partition coefficient (Wildman–Crippen LogP) is 1.42. The zero-order valence-corrected chi connectivity index (χ0v) is 10.5. The maximum absolute atomic E-state index is 11.1. The van der Waals surface area contributed by atoms with E-state index in [-0.39, 0.29) is 16.5 Å². The number of methoxy groups -OCH3 is 1. The van der Waals surface area contributed by atoms with Crippen LogP contribution in [0, 0.1) is 0 Å². The molecule has 2 N–H and O–H groups in total. The second-order valence-electron chi connectivity index (χ2n) is 3.29. The molecule has 1 aromatic carbocycles. The molecule has 1 aromatic rings. The molecule has 0 heterocycles. The van der Waals surface area contributed by atoms with Gasteiger partial charge in [0.25, 0.3) is 0 Å². The molecule has 0 aromatic heterocycles. The third-order valence-electron chi connectivity index (χ3n) is 2.02. The van der Waals surface area contributed by atoms with Crippen LogP contribution in [0.15, 0.2) is 24.3 Å². The van der Waals surface area contributed by atoms with Crippen molar-refractivity contribution in [3.05, 3.63) is 29.8 Å². The number of alkyl halides is 1. The van der Waals surface area contributed by atoms with E-state index in [1.165, 1.54) is 7.11 Å². The largest absolute Gasteiger partial charge is 0.508 e. The Kier molecular flexibility index (Phi) is 5.28. The number of halogens is 1. The molecule has 0 aliphatic carbocycles. The lowest BCUT2D eigenvalue weighted by Crippen LogP contribution is -2.29. The van der Waals surface area contributed by atoms with Crippen LogP contribution >= 0.6 is 15.9 Å². The van der Waals surface area contributed by atoms with Crippen molar-refractivity contribution in [3.63, 3.8) is 0 Å². The van der Waals surface area contributed by atoms with Gasteiger partial charge in [-0.1, -0.05) is 28.1 Å². The second-order valence-corrected chi connectivity index (χ2v) is 4.40. The molecule has 0 radical (unpaired) electrons. The normalized spacial score (nSPS) is 12.1. The minimum atomic E-state index is -0.352. The van der Waals surface area contributed by atoms with Crippen molar-refractivity contribution < 1.29 is 14.6 Å². The highest BCUT2D eigenvalue weighted by atomic mass is 79.9. The van der Waals surface area contributed by atoms with Gasteiger partial charge in [-0.05, 0) is 17.7 Å². The van der Waals surface area contributed by atoms with Crippen molar-refractivity contribution in [1.82, 2.24) is 5.32 Å². The molecule has 0 spiro atoms. The third kappa shape index (κ3) is 4.20. The zero-order valence-electron chi connectivity index (χ0n) is 8.94. The number of benzene rings is 1. The SMILES string of the molecule is COC(=O)C(Br)CNCc1cccc(O)c1. The quantitative estimate of drug-likeness (QED) is 0.635. The van der Waals surface area contributed by atoms with Crippen molar-refractivity contribution in [3.8, 4) is 5.75 Å². The molecule has 5 heteroatoms. The maximum Gasteiger partial charge on any atom is 0.320 e. The smallest absolute Gasteiger partial charge is 0.320 e. The molecule has 0 bridgehead atoms. The molecule has 0 saturated carbocycles. The first-order valence-corrected chi connectivity index (χ1v) is 5.75. The summed E-state index contributed by atoms with van der Waals surface area (Å²) in [6, 6.07) is 6.96. The number of aromatic hydroxyl groups is 1. The van der Waals surface area contributed by atoms with Gasteiger partial charge in [0.1, 0.15) is 10.6 Å². The van der Waals surface area contributed by atoms with E-state index in [9.17, 15) is 9.90 Å². The first-order valence-electron chi connectivity index (χ1n) is 4.84. The monoisotopic (exact) mass is 287 g/mol. The van der Waals surface area contributed by atoms with Crippen molar-refractivity contribution in [2.75, 3.05) is 13.7 Å². The van der Waals surface area contributed by atoms with Crippen LogP contribution in [-0.4, -0.2) is 29.6 Å². The summed E-state index contributed by atoms with van der Waals surface area (Å²) < 4.78 is 4.57. The average Bonchev–Trinajstić information content (AvgIpc) is 2.28. The predicted molar refractivity (Wildman–Crippen MR) is 64.5 cm³/mol. The number of carbonyl (C=O) groups is 1. The van der Waals surface area contributed by atoms with Gasteiger partial charge in [0.05, 0.1) is 7.11 Å². The molecule has 0 amide bonds. The minimum Gasteiger partial charge on any atom is -0.508 e. The topological polar surface area (TPSA) is 58.6 Å². The van der Waals surface area contributed by atoms with Crippen LogP contribution in [-0.2, 0) is 16.1 Å². The van der Waals surface area contributed by atoms with Gasteiger partial charge in [-0.25, -0.2) is 0 Å². The fourth-order valence-electron chi connectivity index (χ4n) is 1.22. The van der Waals surface area contributed by atoms with E-state index in [4.69, 9.17) is 0 Å². The molecule has 0 aliphatic heterocycles. The first-order chi connectivity index (χ1) is 7.63. The van der Waals surface area contributed by atoms with Gasteiger partial charge in [0.2, 0.25) is 0 Å². The number of hydrogen-bond donors (Lipinski definition) is 2. The summed E-state index contributed by atoms with van der Waals surface area (Å²) in [4.78, 5) is 10.7. The number of ether oxygens (including phenoxy) is 1. The fraction of sp³-hybridized carbons (Fsp3) is 0.364. The van der Waals surface area contributed by atoms with E-state index >= 15 is 0 Å². The zero-order chi connectivity index (χ0) is 12.0. The van der Waals surface area contributed by atoms with Crippen LogP contribution in [0.25, 0.3) is 0 Å². The Morgan fingerprint density at radius 1 is 1.62 bits per heavy atom. The lowest BCUT2D eigenvalue weighted by molar-refractivity contribution is -0.139. The van der Waals surface area contributed by atoms with Gasteiger partial charge in [-0.3, -0.25) is 4.79 Å². The van der Waals surface area contributed by atoms with E-state index < -0.39 is 0 Å². The van der Waals surface area contributed by atoms with Crippen molar-refractivity contribution >= 4 is 21.9 Å². The number of phenolic OH excluding ortho intramolecular Hbond substituents is 1. The Morgan fingerprint density at radius 2 is 2.38 bits per heavy atom. The Morgan fingerprint density at radius 3 is 3.00 bits per heavy atom. The van der Waals surface area contributed by atoms with Gasteiger partial charge >= 0.3 is 5.97 Å². The molecule has 88 valence electrons. The van der Waals surface area contributed by atoms with Crippen LogP contribution in [0.4, 0.5) is 0 Å². The summed E-state index contributed by atoms with van der Waals surface area (Å²) in [5.41, 5.74) is 0.963. The summed E-state index contributed by atoms with van der Waals surface area (Å²) in [5.74, 6) is -0.0638. The van der Waals surface area contributed by atoms with Crippen molar-refractivity contribution in [2.24, 2.45) is 0 Å². The van der Waals surface area contributed by atoms with Crippen LogP contribution < -0.4 is 5.32 Å². The molecule has 16 heavy (non-hydrogen) atoms. The Hall–Kier alpha value is -1.07. The van der Waals surface area contributed by atoms with Gasteiger partial charge in [-0.15, -0.1) is 0 Å². The summed E-state index contributed by atoms with van der Waals surface area (Å²) in [5, 5.41) is 12.3. The van der Waals surface area contributed by atoms with E-state index in [2.05, 4.69) is 26.0 Å². The molecule has 1 unspecified atom stereocenters. The summed E-state index contributed by atoms with van der Waals surface area (Å²) in [6.07, 6.45) is 0. The molecule has 0 aliphatic rings. The van der Waals surface area contributed by atoms with E-state index in [0.29, 0.717) is 13.1 Å². The van der Waals surface area contributed by atoms with E-state index in [1.807, 2.05) is 6.07 Å². The van der Waals surface area contributed by atoms with Gasteiger partial charge in [0.15, 0.2) is 0 Å². The number of hydrogen-bond acceptors (Lipinski definition) is 4. The summed E-state index contributed by atoms with van der Waals surface area (Å²) >= 11 is 3.21. The maximum atomic E-state index is 11.1. The second kappa shape index (κ2) is 6.50. The van der Waals surface area contributed by atoms with Crippen molar-refractivity contribution in [1.29, 1.82) is 0 Å². The number of phenols is 1. The van der Waals surface area contributed by atoms with Gasteiger partial charge in [0, 0.05) is 13.1 Å². The Bertz CT molecular complexity index is 357. The van der Waals surface area contributed by atoms with Crippen LogP contribution in [0.2, 0.25) is 0 Å². The lowest BCUT2D eigenvalue weighted by atomic mass is 10.2. The van der Waals surface area contributed by atoms with Gasteiger partial charge < -0.3 is 15.2 Å². The average molecular weight is 288 g/mol. The number of carbonyl (C=O) groups excluding carboxylic acids is 1. The Labute approximate surface area is 103 Å². The molecule has 4 nitrogen and oxygen atoms in total. The van der Waals surface area contributed by atoms with Crippen LogP contribution in [0.1, 0.15) is 5.56 Å². The first kappa shape index (κ1) is 13.0. The fourth-order valence-corrected chi connectivity index (χ4v) is 1.64. The van der Waals surface area contributed by atoms with Gasteiger partial charge in [-0.2, -0.15) is 0 Å². The molecular formula is C11H14BrNO3. The minimum absolute atomic E-state index is 0.239. The lowest BCUT2D eigenvalue weighted by Gasteiger charge is -2.09. The van der Waals surface area contributed by atoms with Crippen LogP contribution in [0.3, 0.4) is 0 Å². The number of nitrogens with one attached hydrogen (secondary N) is 1. The van der Waals surface area contributed by atoms with E-state index in [1.54, 1.807) is 18.2 Å². The highest BCUT2D eigenvalue weighted by Crippen LogP contribution is 2.10. The number of esters is 1. The third-order valence-corrected chi connectivity index (χ3v) is 2.72. The van der Waals surface area contributed by atoms with Crippen molar-refractivity contribution in [2.45, 2.75) is 11.4 Å². The molecular weight excluding hydrogens is 274 g/mol. The standard InChI is InChI=1S/C11H14BrNO3/c1-16-11(15)10(12)7-13-6-8-3-2-4-9(14)5-8/h2-5,10,13-14H,6-7H2,1H3. The highest BCUT2D eigenvalue weighted by Gasteiger charge is 2.13. The van der Waals surface area contributed by atoms with E-state index in [0.717, 1.165) is 5.56 Å². The number of rotatable bonds is 5. The summed E-state index contributed by atoms with van der Waals surface area (Å²) in [7, 11) is 1.35. The molecule has 1 rings (SSSR count). The summed E-state index contributed by atoms with van der Waals surface area (Å²) in [6.45, 7) is 1.07. The Balaban J connectivity index is 2.33.